The SMILES string of the molecule is CCNC(=NCCCOCC)NCCCN1CCC(O)CC1.I. The summed E-state index contributed by atoms with van der Waals surface area (Å²) < 4.78 is 5.32. The number of likely N-dealkylation sites (tertiary alicyclic amines) is 1. The third-order valence-electron chi connectivity index (χ3n) is 3.77. The fourth-order valence-electron chi connectivity index (χ4n) is 2.50. The van der Waals surface area contributed by atoms with Gasteiger partial charge in [-0.25, -0.2) is 0 Å². The van der Waals surface area contributed by atoms with Crippen LogP contribution < -0.4 is 10.6 Å². The lowest BCUT2D eigenvalue weighted by Crippen LogP contribution is -2.40. The topological polar surface area (TPSA) is 69.1 Å². The predicted octanol–water partition coefficient (Wildman–Crippen LogP) is 1.43. The standard InChI is InChI=1S/C16H34N4O2.HI/c1-3-17-16(19-10-6-14-22-4-2)18-9-5-11-20-12-7-15(21)8-13-20;/h15,21H,3-14H2,1-2H3,(H2,17,18,19);1H. The van der Waals surface area contributed by atoms with Crippen LogP contribution >= 0.6 is 24.0 Å². The fraction of sp³-hybridized carbons (Fsp3) is 0.938. The van der Waals surface area contributed by atoms with E-state index in [0.717, 1.165) is 84.1 Å². The second kappa shape index (κ2) is 15.4. The van der Waals surface area contributed by atoms with Gasteiger partial charge in [-0.1, -0.05) is 0 Å². The molecule has 0 aromatic rings. The number of hydrogen-bond donors (Lipinski definition) is 3. The summed E-state index contributed by atoms with van der Waals surface area (Å²) in [5, 5.41) is 16.1. The van der Waals surface area contributed by atoms with Gasteiger partial charge < -0.3 is 25.4 Å². The molecule has 0 aromatic heterocycles. The molecule has 1 aliphatic rings. The highest BCUT2D eigenvalue weighted by molar-refractivity contribution is 14.0. The van der Waals surface area contributed by atoms with Gasteiger partial charge in [0.15, 0.2) is 5.96 Å². The Labute approximate surface area is 158 Å². The summed E-state index contributed by atoms with van der Waals surface area (Å²) in [5.41, 5.74) is 0. The van der Waals surface area contributed by atoms with E-state index >= 15 is 0 Å². The number of aliphatic hydroxyl groups is 1. The van der Waals surface area contributed by atoms with Gasteiger partial charge in [-0.05, 0) is 46.1 Å². The minimum absolute atomic E-state index is 0. The third kappa shape index (κ3) is 12.0. The normalized spacial score (nSPS) is 16.9. The van der Waals surface area contributed by atoms with Crippen molar-refractivity contribution in [2.45, 2.75) is 45.6 Å². The molecule has 1 fully saturated rings. The van der Waals surface area contributed by atoms with Crippen molar-refractivity contribution in [1.29, 1.82) is 0 Å². The lowest BCUT2D eigenvalue weighted by Gasteiger charge is -2.29. The zero-order valence-corrected chi connectivity index (χ0v) is 17.1. The number of halogens is 1. The van der Waals surface area contributed by atoms with Gasteiger partial charge in [0, 0.05) is 45.9 Å². The van der Waals surface area contributed by atoms with Gasteiger partial charge in [0.05, 0.1) is 6.10 Å². The zero-order chi connectivity index (χ0) is 16.0. The van der Waals surface area contributed by atoms with Crippen molar-refractivity contribution in [3.8, 4) is 0 Å². The van der Waals surface area contributed by atoms with Crippen LogP contribution in [0.3, 0.4) is 0 Å². The highest BCUT2D eigenvalue weighted by Gasteiger charge is 2.15. The molecular formula is C16H35IN4O2. The summed E-state index contributed by atoms with van der Waals surface area (Å²) in [7, 11) is 0. The van der Waals surface area contributed by atoms with Crippen molar-refractivity contribution in [1.82, 2.24) is 15.5 Å². The number of aliphatic hydroxyl groups excluding tert-OH is 1. The van der Waals surface area contributed by atoms with Crippen LogP contribution in [-0.2, 0) is 4.74 Å². The van der Waals surface area contributed by atoms with Crippen molar-refractivity contribution in [3.05, 3.63) is 0 Å². The largest absolute Gasteiger partial charge is 0.393 e. The van der Waals surface area contributed by atoms with Gasteiger partial charge in [0.1, 0.15) is 0 Å². The molecule has 0 aromatic carbocycles. The van der Waals surface area contributed by atoms with E-state index in [9.17, 15) is 5.11 Å². The molecule has 6 nitrogen and oxygen atoms in total. The molecule has 1 rings (SSSR count). The van der Waals surface area contributed by atoms with Crippen LogP contribution in [0.15, 0.2) is 4.99 Å². The Morgan fingerprint density at radius 2 is 1.96 bits per heavy atom. The van der Waals surface area contributed by atoms with Crippen molar-refractivity contribution < 1.29 is 9.84 Å². The van der Waals surface area contributed by atoms with E-state index in [1.54, 1.807) is 0 Å². The maximum Gasteiger partial charge on any atom is 0.191 e. The fourth-order valence-corrected chi connectivity index (χ4v) is 2.50. The second-order valence-corrected chi connectivity index (χ2v) is 5.66. The molecule has 3 N–H and O–H groups in total. The first-order valence-electron chi connectivity index (χ1n) is 8.76. The van der Waals surface area contributed by atoms with Gasteiger partial charge in [-0.3, -0.25) is 4.99 Å². The number of rotatable bonds is 10. The van der Waals surface area contributed by atoms with E-state index in [-0.39, 0.29) is 30.1 Å². The van der Waals surface area contributed by atoms with E-state index in [4.69, 9.17) is 4.74 Å². The van der Waals surface area contributed by atoms with Crippen molar-refractivity contribution in [2.24, 2.45) is 4.99 Å². The number of nitrogens with zero attached hydrogens (tertiary/aromatic N) is 2. The summed E-state index contributed by atoms with van der Waals surface area (Å²) in [4.78, 5) is 6.98. The zero-order valence-electron chi connectivity index (χ0n) is 14.7. The minimum atomic E-state index is -0.0847. The summed E-state index contributed by atoms with van der Waals surface area (Å²) in [5.74, 6) is 0.896. The molecule has 23 heavy (non-hydrogen) atoms. The predicted molar refractivity (Wildman–Crippen MR) is 107 cm³/mol. The van der Waals surface area contributed by atoms with E-state index in [0.29, 0.717) is 0 Å². The Kier molecular flexibility index (Phi) is 15.3. The van der Waals surface area contributed by atoms with Crippen LogP contribution in [0.2, 0.25) is 0 Å². The first-order chi connectivity index (χ1) is 10.8. The molecule has 0 amide bonds. The average molecular weight is 442 g/mol. The third-order valence-corrected chi connectivity index (χ3v) is 3.77. The number of hydrogen-bond acceptors (Lipinski definition) is 4. The first kappa shape index (κ1) is 22.9. The number of guanidine groups is 1. The molecular weight excluding hydrogens is 407 g/mol. The van der Waals surface area contributed by atoms with Crippen molar-refractivity contribution in [2.75, 3.05) is 52.5 Å². The number of nitrogens with one attached hydrogen (secondary N) is 2. The van der Waals surface area contributed by atoms with Crippen LogP contribution in [0.1, 0.15) is 39.5 Å². The quantitative estimate of drug-likeness (QED) is 0.207. The van der Waals surface area contributed by atoms with Crippen LogP contribution in [0, 0.1) is 0 Å². The average Bonchev–Trinajstić information content (AvgIpc) is 2.53. The van der Waals surface area contributed by atoms with Gasteiger partial charge in [0.25, 0.3) is 0 Å². The molecule has 1 aliphatic heterocycles. The maximum atomic E-state index is 9.49. The second-order valence-electron chi connectivity index (χ2n) is 5.66. The van der Waals surface area contributed by atoms with E-state index in [1.165, 1.54) is 0 Å². The highest BCUT2D eigenvalue weighted by atomic mass is 127. The maximum absolute atomic E-state index is 9.49. The summed E-state index contributed by atoms with van der Waals surface area (Å²) in [6.45, 7) is 11.4. The highest BCUT2D eigenvalue weighted by Crippen LogP contribution is 2.09. The smallest absolute Gasteiger partial charge is 0.191 e. The number of aliphatic imine (C=N–C) groups is 1. The molecule has 0 aliphatic carbocycles. The Hall–Kier alpha value is -0.120. The van der Waals surface area contributed by atoms with Gasteiger partial charge in [0.2, 0.25) is 0 Å². The minimum Gasteiger partial charge on any atom is -0.393 e. The Morgan fingerprint density at radius 1 is 1.22 bits per heavy atom. The van der Waals surface area contributed by atoms with Crippen molar-refractivity contribution in [3.63, 3.8) is 0 Å². The molecule has 0 radical (unpaired) electrons. The molecule has 1 heterocycles. The lowest BCUT2D eigenvalue weighted by atomic mass is 10.1. The molecule has 138 valence electrons. The van der Waals surface area contributed by atoms with E-state index in [1.807, 2.05) is 6.92 Å². The van der Waals surface area contributed by atoms with Gasteiger partial charge in [-0.2, -0.15) is 0 Å². The summed E-state index contributed by atoms with van der Waals surface area (Å²) in [6.07, 6.45) is 3.80. The summed E-state index contributed by atoms with van der Waals surface area (Å²) in [6, 6.07) is 0. The van der Waals surface area contributed by atoms with Gasteiger partial charge in [-0.15, -0.1) is 24.0 Å². The Balaban J connectivity index is 0.00000484. The first-order valence-corrected chi connectivity index (χ1v) is 8.76. The van der Waals surface area contributed by atoms with Crippen LogP contribution in [0.5, 0.6) is 0 Å². The monoisotopic (exact) mass is 442 g/mol. The molecule has 0 spiro atoms. The van der Waals surface area contributed by atoms with E-state index in [2.05, 4.69) is 27.4 Å². The van der Waals surface area contributed by atoms with E-state index < -0.39 is 0 Å². The molecule has 0 bridgehead atoms. The molecule has 7 heteroatoms. The Bertz CT molecular complexity index is 298. The van der Waals surface area contributed by atoms with Crippen LogP contribution in [0.25, 0.3) is 0 Å². The van der Waals surface area contributed by atoms with Crippen LogP contribution in [0.4, 0.5) is 0 Å². The Morgan fingerprint density at radius 3 is 2.61 bits per heavy atom. The molecule has 0 atom stereocenters. The number of piperidine rings is 1. The summed E-state index contributed by atoms with van der Waals surface area (Å²) >= 11 is 0. The molecule has 0 saturated carbocycles. The van der Waals surface area contributed by atoms with Gasteiger partial charge >= 0.3 is 0 Å². The number of ether oxygens (including phenoxy) is 1. The molecule has 0 unspecified atom stereocenters. The van der Waals surface area contributed by atoms with Crippen LogP contribution in [-0.4, -0.2) is 74.6 Å². The lowest BCUT2D eigenvalue weighted by molar-refractivity contribution is 0.0823. The molecule has 1 saturated heterocycles. The van der Waals surface area contributed by atoms with Crippen molar-refractivity contribution >= 4 is 29.9 Å².